The zero-order valence-corrected chi connectivity index (χ0v) is 8.54. The van der Waals surface area contributed by atoms with E-state index in [9.17, 15) is 13.6 Å². The first kappa shape index (κ1) is 12.4. The first-order valence-electron chi connectivity index (χ1n) is 4.60. The van der Waals surface area contributed by atoms with E-state index in [1.54, 1.807) is 0 Å². The molecule has 1 aliphatic rings. The second-order valence-corrected chi connectivity index (χ2v) is 3.77. The van der Waals surface area contributed by atoms with Gasteiger partial charge in [-0.3, -0.25) is 10.2 Å². The molecule has 0 saturated carbocycles. The highest BCUT2D eigenvalue weighted by atomic mass is 19.3. The fourth-order valence-corrected chi connectivity index (χ4v) is 1.80. The number of aliphatic carboxylic acids is 1. The second-order valence-electron chi connectivity index (χ2n) is 3.77. The van der Waals surface area contributed by atoms with Crippen molar-refractivity contribution >= 4 is 11.9 Å². The molecule has 16 heavy (non-hydrogen) atoms. The Bertz CT molecular complexity index is 346. The Labute approximate surface area is 91.0 Å². The Morgan fingerprint density at radius 2 is 2.25 bits per heavy atom. The van der Waals surface area contributed by atoms with Crippen LogP contribution in [0.25, 0.3) is 0 Å². The molecule has 0 aromatic rings. The van der Waals surface area contributed by atoms with Gasteiger partial charge in [0.25, 0.3) is 5.92 Å². The highest BCUT2D eigenvalue weighted by Gasteiger charge is 2.61. The molecule has 1 rings (SSSR count). The van der Waals surface area contributed by atoms with Crippen molar-refractivity contribution in [2.45, 2.75) is 12.3 Å². The van der Waals surface area contributed by atoms with Gasteiger partial charge in [-0.2, -0.15) is 0 Å². The average Bonchev–Trinajstić information content (AvgIpc) is 2.63. The number of likely N-dealkylation sites (tertiary alicyclic amines) is 1. The molecule has 4 N–H and O–H groups in total. The molecule has 0 bridgehead atoms. The number of carboxylic acids is 1. The van der Waals surface area contributed by atoms with Gasteiger partial charge in [0.2, 0.25) is 0 Å². The van der Waals surface area contributed by atoms with Gasteiger partial charge >= 0.3 is 5.97 Å². The Hall–Kier alpha value is -1.66. The number of allylic oxidation sites excluding steroid dienone is 1. The lowest BCUT2D eigenvalue weighted by Crippen LogP contribution is -2.49. The number of nitrogens with two attached hydrogens (primary N) is 1. The minimum absolute atomic E-state index is 0.0328. The summed E-state index contributed by atoms with van der Waals surface area (Å²) in [4.78, 5) is 12.1. The third-order valence-electron chi connectivity index (χ3n) is 2.91. The van der Waals surface area contributed by atoms with E-state index in [0.717, 1.165) is 4.90 Å². The maximum Gasteiger partial charge on any atom is 0.318 e. The van der Waals surface area contributed by atoms with Crippen LogP contribution in [0.15, 0.2) is 12.7 Å². The van der Waals surface area contributed by atoms with E-state index in [0.29, 0.717) is 6.08 Å². The quantitative estimate of drug-likeness (QED) is 0.375. The maximum absolute atomic E-state index is 13.6. The molecule has 7 heteroatoms. The van der Waals surface area contributed by atoms with Crippen LogP contribution in [-0.4, -0.2) is 40.9 Å². The predicted molar refractivity (Wildman–Crippen MR) is 53.3 cm³/mol. The highest BCUT2D eigenvalue weighted by molar-refractivity contribution is 5.81. The molecule has 0 aromatic heterocycles. The predicted octanol–water partition coefficient (Wildman–Crippen LogP) is 0.478. The summed E-state index contributed by atoms with van der Waals surface area (Å²) in [5, 5.41) is 16.1. The van der Waals surface area contributed by atoms with Gasteiger partial charge in [-0.1, -0.05) is 6.58 Å². The third kappa shape index (κ3) is 1.62. The number of hydrogen-bond donors (Lipinski definition) is 3. The number of halogens is 2. The SMILES string of the molecule is C=CC(F)(F)C1(C(=O)O)CCN(C(=N)N)C1. The molecular weight excluding hydrogens is 220 g/mol. The van der Waals surface area contributed by atoms with Crippen molar-refractivity contribution in [3.63, 3.8) is 0 Å². The molecule has 90 valence electrons. The third-order valence-corrected chi connectivity index (χ3v) is 2.91. The summed E-state index contributed by atoms with van der Waals surface area (Å²) in [7, 11) is 0. The molecule has 5 nitrogen and oxygen atoms in total. The van der Waals surface area contributed by atoms with E-state index in [1.165, 1.54) is 0 Å². The van der Waals surface area contributed by atoms with Crippen LogP contribution < -0.4 is 5.73 Å². The van der Waals surface area contributed by atoms with Gasteiger partial charge < -0.3 is 15.7 Å². The van der Waals surface area contributed by atoms with Crippen LogP contribution in [0.5, 0.6) is 0 Å². The first-order chi connectivity index (χ1) is 7.27. The molecule has 1 fully saturated rings. The number of rotatable bonds is 3. The van der Waals surface area contributed by atoms with E-state index in [4.69, 9.17) is 16.2 Å². The van der Waals surface area contributed by atoms with Crippen molar-refractivity contribution in [2.75, 3.05) is 13.1 Å². The van der Waals surface area contributed by atoms with Crippen molar-refractivity contribution < 1.29 is 18.7 Å². The van der Waals surface area contributed by atoms with Gasteiger partial charge in [-0.15, -0.1) is 0 Å². The van der Waals surface area contributed by atoms with E-state index in [-0.39, 0.29) is 13.0 Å². The largest absolute Gasteiger partial charge is 0.481 e. The van der Waals surface area contributed by atoms with Crippen LogP contribution in [-0.2, 0) is 4.79 Å². The topological polar surface area (TPSA) is 90.4 Å². The fraction of sp³-hybridized carbons (Fsp3) is 0.556. The van der Waals surface area contributed by atoms with Crippen LogP contribution in [0.3, 0.4) is 0 Å². The minimum Gasteiger partial charge on any atom is -0.481 e. The average molecular weight is 233 g/mol. The summed E-state index contributed by atoms with van der Waals surface area (Å²) >= 11 is 0. The standard InChI is InChI=1S/C9H13F2N3O2/c1-2-9(10,11)8(6(15)16)3-4-14(5-8)7(12)13/h2H,1,3-5H2,(H3,12,13)(H,15,16). The Morgan fingerprint density at radius 1 is 1.69 bits per heavy atom. The Balaban J connectivity index is 3.08. The van der Waals surface area contributed by atoms with Crippen molar-refractivity contribution in [3.05, 3.63) is 12.7 Å². The van der Waals surface area contributed by atoms with E-state index in [2.05, 4.69) is 6.58 Å². The smallest absolute Gasteiger partial charge is 0.318 e. The summed E-state index contributed by atoms with van der Waals surface area (Å²) in [5.74, 6) is -5.52. The van der Waals surface area contributed by atoms with E-state index in [1.807, 2.05) is 0 Å². The van der Waals surface area contributed by atoms with Crippen molar-refractivity contribution in [2.24, 2.45) is 11.1 Å². The molecule has 1 saturated heterocycles. The Kier molecular flexibility index (Phi) is 2.89. The molecule has 0 aromatic carbocycles. The monoisotopic (exact) mass is 233 g/mol. The van der Waals surface area contributed by atoms with Crippen LogP contribution in [0.2, 0.25) is 0 Å². The molecule has 0 amide bonds. The summed E-state index contributed by atoms with van der Waals surface area (Å²) < 4.78 is 27.1. The summed E-state index contributed by atoms with van der Waals surface area (Å²) in [6, 6.07) is 0. The van der Waals surface area contributed by atoms with Crippen molar-refractivity contribution in [1.29, 1.82) is 5.41 Å². The lowest BCUT2D eigenvalue weighted by atomic mass is 9.80. The molecule has 1 aliphatic heterocycles. The fourth-order valence-electron chi connectivity index (χ4n) is 1.80. The summed E-state index contributed by atoms with van der Waals surface area (Å²) in [5.41, 5.74) is 2.91. The highest BCUT2D eigenvalue weighted by Crippen LogP contribution is 2.45. The molecular formula is C9H13F2N3O2. The first-order valence-corrected chi connectivity index (χ1v) is 4.60. The number of carboxylic acid groups (broad SMARTS) is 1. The zero-order valence-electron chi connectivity index (χ0n) is 8.54. The zero-order chi connectivity index (χ0) is 12.6. The van der Waals surface area contributed by atoms with Crippen molar-refractivity contribution in [3.8, 4) is 0 Å². The van der Waals surface area contributed by atoms with Crippen LogP contribution >= 0.6 is 0 Å². The lowest BCUT2D eigenvalue weighted by molar-refractivity contribution is -0.167. The van der Waals surface area contributed by atoms with Crippen LogP contribution in [0.1, 0.15) is 6.42 Å². The van der Waals surface area contributed by atoms with Gasteiger partial charge in [0.05, 0.1) is 0 Å². The normalized spacial score (nSPS) is 25.5. The number of nitrogens with zero attached hydrogens (tertiary/aromatic N) is 1. The lowest BCUT2D eigenvalue weighted by Gasteiger charge is -2.31. The minimum atomic E-state index is -3.52. The number of alkyl halides is 2. The second kappa shape index (κ2) is 3.73. The van der Waals surface area contributed by atoms with Gasteiger partial charge in [-0.05, 0) is 12.5 Å². The molecule has 0 spiro atoms. The summed E-state index contributed by atoms with van der Waals surface area (Å²) in [6.45, 7) is 2.51. The molecule has 1 unspecified atom stereocenters. The number of carbonyl (C=O) groups is 1. The molecule has 1 atom stereocenters. The molecule has 0 aliphatic carbocycles. The Morgan fingerprint density at radius 3 is 2.56 bits per heavy atom. The van der Waals surface area contributed by atoms with Crippen LogP contribution in [0.4, 0.5) is 8.78 Å². The van der Waals surface area contributed by atoms with E-state index >= 15 is 0 Å². The van der Waals surface area contributed by atoms with Gasteiger partial charge in [0, 0.05) is 13.1 Å². The van der Waals surface area contributed by atoms with Crippen molar-refractivity contribution in [1.82, 2.24) is 4.90 Å². The molecule has 0 radical (unpaired) electrons. The van der Waals surface area contributed by atoms with Gasteiger partial charge in [0.15, 0.2) is 11.4 Å². The van der Waals surface area contributed by atoms with E-state index < -0.39 is 29.8 Å². The number of hydrogen-bond acceptors (Lipinski definition) is 2. The summed E-state index contributed by atoms with van der Waals surface area (Å²) in [6.07, 6.45) is 0.0751. The van der Waals surface area contributed by atoms with Gasteiger partial charge in [0.1, 0.15) is 0 Å². The maximum atomic E-state index is 13.6. The number of guanidine groups is 1. The van der Waals surface area contributed by atoms with Gasteiger partial charge in [-0.25, -0.2) is 8.78 Å². The molecule has 1 heterocycles. The van der Waals surface area contributed by atoms with Crippen LogP contribution in [0, 0.1) is 10.8 Å². The number of nitrogens with one attached hydrogen (secondary N) is 1.